The highest BCUT2D eigenvalue weighted by molar-refractivity contribution is 5.13. The van der Waals surface area contributed by atoms with Gasteiger partial charge in [-0.3, -0.25) is 9.80 Å². The Morgan fingerprint density at radius 2 is 2.19 bits per heavy atom. The minimum absolute atomic E-state index is 0.637. The average Bonchev–Trinajstić information content (AvgIpc) is 3.02. The van der Waals surface area contributed by atoms with Crippen LogP contribution < -0.4 is 5.32 Å². The molecule has 2 unspecified atom stereocenters. The minimum atomic E-state index is 0.637. The van der Waals surface area contributed by atoms with Crippen molar-refractivity contribution >= 4 is 0 Å². The number of hydrogen-bond donors (Lipinski definition) is 1. The van der Waals surface area contributed by atoms with Crippen LogP contribution in [-0.2, 0) is 13.1 Å². The van der Waals surface area contributed by atoms with Crippen molar-refractivity contribution < 1.29 is 4.42 Å². The Morgan fingerprint density at radius 3 is 3.05 bits per heavy atom. The summed E-state index contributed by atoms with van der Waals surface area (Å²) in [5.74, 6) is 1.13. The Hall–Kier alpha value is -0.840. The standard InChI is InChI=1S/C17H27N3O/c1-13-9-19-6-2-3-16(19)10-20(13)11-17-7-14(12-21-17)8-18-15-4-5-15/h7,12-13,15-16,18H,2-6,8-11H2,1H3. The summed E-state index contributed by atoms with van der Waals surface area (Å²) in [6.07, 6.45) is 7.36. The fourth-order valence-corrected chi connectivity index (χ4v) is 3.82. The fourth-order valence-electron chi connectivity index (χ4n) is 3.82. The van der Waals surface area contributed by atoms with Crippen molar-refractivity contribution in [1.29, 1.82) is 0 Å². The van der Waals surface area contributed by atoms with E-state index < -0.39 is 0 Å². The number of furan rings is 1. The second kappa shape index (κ2) is 5.75. The Kier molecular flexibility index (Phi) is 3.78. The molecule has 4 nitrogen and oxygen atoms in total. The van der Waals surface area contributed by atoms with Gasteiger partial charge in [-0.05, 0) is 45.2 Å². The van der Waals surface area contributed by atoms with Crippen LogP contribution in [0.1, 0.15) is 43.9 Å². The van der Waals surface area contributed by atoms with Gasteiger partial charge in [0.15, 0.2) is 0 Å². The van der Waals surface area contributed by atoms with E-state index >= 15 is 0 Å². The number of nitrogens with zero attached hydrogens (tertiary/aromatic N) is 2. The van der Waals surface area contributed by atoms with Crippen LogP contribution in [-0.4, -0.2) is 47.6 Å². The van der Waals surface area contributed by atoms with Crippen LogP contribution in [0.3, 0.4) is 0 Å². The highest BCUT2D eigenvalue weighted by Crippen LogP contribution is 2.26. The Bertz CT molecular complexity index is 482. The van der Waals surface area contributed by atoms with Crippen LogP contribution in [0.25, 0.3) is 0 Å². The molecule has 2 aliphatic heterocycles. The number of rotatable bonds is 5. The SMILES string of the molecule is CC1CN2CCCC2CN1Cc1cc(CNC2CC2)co1. The van der Waals surface area contributed by atoms with Crippen molar-refractivity contribution in [2.75, 3.05) is 19.6 Å². The summed E-state index contributed by atoms with van der Waals surface area (Å²) in [5.41, 5.74) is 1.30. The Balaban J connectivity index is 1.34. The van der Waals surface area contributed by atoms with Crippen LogP contribution in [0.2, 0.25) is 0 Å². The molecule has 21 heavy (non-hydrogen) atoms. The van der Waals surface area contributed by atoms with E-state index in [2.05, 4.69) is 28.1 Å². The first-order valence-corrected chi connectivity index (χ1v) is 8.56. The number of piperazine rings is 1. The third-order valence-corrected chi connectivity index (χ3v) is 5.31. The molecular formula is C17H27N3O. The summed E-state index contributed by atoms with van der Waals surface area (Å²) in [4.78, 5) is 5.28. The highest BCUT2D eigenvalue weighted by Gasteiger charge is 2.34. The lowest BCUT2D eigenvalue weighted by atomic mass is 10.1. The molecular weight excluding hydrogens is 262 g/mol. The fraction of sp³-hybridized carbons (Fsp3) is 0.765. The zero-order chi connectivity index (χ0) is 14.2. The highest BCUT2D eigenvalue weighted by atomic mass is 16.3. The molecule has 1 N–H and O–H groups in total. The number of fused-ring (bicyclic) bond motifs is 1. The van der Waals surface area contributed by atoms with E-state index in [1.807, 2.05) is 6.26 Å². The van der Waals surface area contributed by atoms with Crippen LogP contribution in [0.5, 0.6) is 0 Å². The summed E-state index contributed by atoms with van der Waals surface area (Å²) in [7, 11) is 0. The molecule has 1 saturated carbocycles. The van der Waals surface area contributed by atoms with Gasteiger partial charge in [0.2, 0.25) is 0 Å². The first-order valence-electron chi connectivity index (χ1n) is 8.56. The predicted octanol–water partition coefficient (Wildman–Crippen LogP) is 2.20. The summed E-state index contributed by atoms with van der Waals surface area (Å²) >= 11 is 0. The lowest BCUT2D eigenvalue weighted by Gasteiger charge is -2.41. The van der Waals surface area contributed by atoms with Crippen molar-refractivity contribution in [2.45, 2.75) is 63.8 Å². The zero-order valence-electron chi connectivity index (χ0n) is 13.1. The maximum Gasteiger partial charge on any atom is 0.118 e. The number of hydrogen-bond acceptors (Lipinski definition) is 4. The van der Waals surface area contributed by atoms with Crippen molar-refractivity contribution in [2.24, 2.45) is 0 Å². The molecule has 0 radical (unpaired) electrons. The molecule has 4 rings (SSSR count). The molecule has 1 aliphatic carbocycles. The Morgan fingerprint density at radius 1 is 1.29 bits per heavy atom. The molecule has 2 atom stereocenters. The quantitative estimate of drug-likeness (QED) is 0.900. The van der Waals surface area contributed by atoms with Gasteiger partial charge in [-0.25, -0.2) is 0 Å². The molecule has 3 heterocycles. The van der Waals surface area contributed by atoms with Gasteiger partial charge in [0.1, 0.15) is 5.76 Å². The van der Waals surface area contributed by atoms with Gasteiger partial charge in [0.05, 0.1) is 12.8 Å². The normalized spacial score (nSPS) is 30.7. The van der Waals surface area contributed by atoms with Gasteiger partial charge >= 0.3 is 0 Å². The molecule has 4 heteroatoms. The molecule has 1 aromatic heterocycles. The minimum Gasteiger partial charge on any atom is -0.468 e. The van der Waals surface area contributed by atoms with E-state index in [0.717, 1.165) is 30.9 Å². The first kappa shape index (κ1) is 13.8. The summed E-state index contributed by atoms with van der Waals surface area (Å²) in [5, 5.41) is 3.55. The van der Waals surface area contributed by atoms with Crippen LogP contribution in [0.4, 0.5) is 0 Å². The van der Waals surface area contributed by atoms with Gasteiger partial charge in [0.25, 0.3) is 0 Å². The first-order chi connectivity index (χ1) is 10.3. The van der Waals surface area contributed by atoms with Gasteiger partial charge < -0.3 is 9.73 Å². The Labute approximate surface area is 127 Å². The van der Waals surface area contributed by atoms with E-state index in [4.69, 9.17) is 4.42 Å². The maximum absolute atomic E-state index is 5.78. The summed E-state index contributed by atoms with van der Waals surface area (Å²) < 4.78 is 5.78. The molecule has 0 aromatic carbocycles. The van der Waals surface area contributed by atoms with Crippen molar-refractivity contribution in [3.63, 3.8) is 0 Å². The van der Waals surface area contributed by atoms with Gasteiger partial charge in [-0.1, -0.05) is 0 Å². The molecule has 2 saturated heterocycles. The van der Waals surface area contributed by atoms with Gasteiger partial charge in [0, 0.05) is 43.3 Å². The van der Waals surface area contributed by atoms with E-state index in [9.17, 15) is 0 Å². The molecule has 0 spiro atoms. The van der Waals surface area contributed by atoms with E-state index in [0.29, 0.717) is 6.04 Å². The van der Waals surface area contributed by atoms with Crippen molar-refractivity contribution in [1.82, 2.24) is 15.1 Å². The van der Waals surface area contributed by atoms with E-state index in [1.165, 1.54) is 50.9 Å². The third-order valence-electron chi connectivity index (χ3n) is 5.31. The summed E-state index contributed by atoms with van der Waals surface area (Å²) in [6.45, 7) is 8.02. The van der Waals surface area contributed by atoms with E-state index in [1.54, 1.807) is 0 Å². The monoisotopic (exact) mass is 289 g/mol. The molecule has 3 aliphatic rings. The second-order valence-corrected chi connectivity index (χ2v) is 7.15. The average molecular weight is 289 g/mol. The van der Waals surface area contributed by atoms with Crippen molar-refractivity contribution in [3.8, 4) is 0 Å². The number of nitrogens with one attached hydrogen (secondary N) is 1. The van der Waals surface area contributed by atoms with Crippen LogP contribution in [0, 0.1) is 0 Å². The summed E-state index contributed by atoms with van der Waals surface area (Å²) in [6, 6.07) is 4.42. The van der Waals surface area contributed by atoms with Crippen molar-refractivity contribution in [3.05, 3.63) is 23.7 Å². The molecule has 3 fully saturated rings. The van der Waals surface area contributed by atoms with Crippen LogP contribution >= 0.6 is 0 Å². The van der Waals surface area contributed by atoms with Crippen LogP contribution in [0.15, 0.2) is 16.7 Å². The maximum atomic E-state index is 5.78. The molecule has 1 aromatic rings. The van der Waals surface area contributed by atoms with Gasteiger partial charge in [-0.15, -0.1) is 0 Å². The zero-order valence-corrected chi connectivity index (χ0v) is 13.1. The molecule has 0 bridgehead atoms. The van der Waals surface area contributed by atoms with Gasteiger partial charge in [-0.2, -0.15) is 0 Å². The van der Waals surface area contributed by atoms with E-state index in [-0.39, 0.29) is 0 Å². The second-order valence-electron chi connectivity index (χ2n) is 7.15. The lowest BCUT2D eigenvalue weighted by molar-refractivity contribution is 0.0494. The topological polar surface area (TPSA) is 31.6 Å². The largest absolute Gasteiger partial charge is 0.468 e. The molecule has 116 valence electrons. The predicted molar refractivity (Wildman–Crippen MR) is 83.0 cm³/mol. The molecule has 0 amide bonds. The smallest absolute Gasteiger partial charge is 0.118 e. The lowest BCUT2D eigenvalue weighted by Crippen LogP contribution is -2.54. The third kappa shape index (κ3) is 3.17.